The van der Waals surface area contributed by atoms with E-state index in [9.17, 15) is 19.1 Å². The number of ether oxygens (including phenoxy) is 1. The van der Waals surface area contributed by atoms with Crippen molar-refractivity contribution in [3.63, 3.8) is 0 Å². The largest absolute Gasteiger partial charge is 0.466 e. The molecule has 0 amide bonds. The van der Waals surface area contributed by atoms with Crippen LogP contribution >= 0.6 is 7.60 Å². The molecule has 0 rings (SSSR count). The molecule has 0 aliphatic heterocycles. The van der Waals surface area contributed by atoms with Crippen molar-refractivity contribution >= 4 is 13.6 Å². The minimum atomic E-state index is -4.23. The van der Waals surface area contributed by atoms with Crippen LogP contribution in [0.4, 0.5) is 0 Å². The van der Waals surface area contributed by atoms with Crippen LogP contribution in [0, 0.1) is 0 Å². The molecule has 0 aliphatic rings. The molecule has 26 heavy (non-hydrogen) atoms. The van der Waals surface area contributed by atoms with E-state index in [0.717, 1.165) is 12.8 Å². The van der Waals surface area contributed by atoms with Gasteiger partial charge < -0.3 is 14.5 Å². The van der Waals surface area contributed by atoms with Gasteiger partial charge in [-0.2, -0.15) is 0 Å². The normalized spacial score (nSPS) is 12.3. The third-order valence-electron chi connectivity index (χ3n) is 5.49. The summed E-state index contributed by atoms with van der Waals surface area (Å²) in [5, 5.41) is -1.09. The van der Waals surface area contributed by atoms with Gasteiger partial charge in [-0.25, -0.2) is 0 Å². The van der Waals surface area contributed by atoms with Crippen LogP contribution in [-0.2, 0) is 14.1 Å². The van der Waals surface area contributed by atoms with Crippen LogP contribution in [0.15, 0.2) is 0 Å². The van der Waals surface area contributed by atoms with Crippen molar-refractivity contribution in [2.24, 2.45) is 0 Å². The number of carbonyl (C=O) groups excluding carboxylic acids is 1. The second-order valence-electron chi connectivity index (χ2n) is 7.38. The molecule has 156 valence electrons. The lowest BCUT2D eigenvalue weighted by Gasteiger charge is -2.31. The van der Waals surface area contributed by atoms with E-state index in [1.54, 1.807) is 13.8 Å². The zero-order valence-electron chi connectivity index (χ0n) is 17.2. The molecule has 0 aromatic heterocycles. The van der Waals surface area contributed by atoms with Gasteiger partial charge in [0.2, 0.25) is 0 Å². The molecule has 0 aliphatic carbocycles. The van der Waals surface area contributed by atoms with Gasteiger partial charge in [0.1, 0.15) is 0 Å². The van der Waals surface area contributed by atoms with Crippen LogP contribution in [0.25, 0.3) is 0 Å². The molecule has 0 atom stereocenters. The Hall–Kier alpha value is -0.380. The van der Waals surface area contributed by atoms with Crippen molar-refractivity contribution in [3.8, 4) is 0 Å². The van der Waals surface area contributed by atoms with Crippen molar-refractivity contribution in [2.45, 2.75) is 116 Å². The van der Waals surface area contributed by atoms with Crippen LogP contribution in [0.2, 0.25) is 0 Å². The fourth-order valence-corrected chi connectivity index (χ4v) is 4.57. The zero-order chi connectivity index (χ0) is 19.9. The average molecular weight is 393 g/mol. The first-order chi connectivity index (χ1) is 12.3. The van der Waals surface area contributed by atoms with Crippen molar-refractivity contribution in [3.05, 3.63) is 0 Å². The summed E-state index contributed by atoms with van der Waals surface area (Å²) in [5.41, 5.74) is 0. The van der Waals surface area contributed by atoms with E-state index in [-0.39, 0.29) is 18.8 Å². The van der Waals surface area contributed by atoms with Crippen molar-refractivity contribution in [2.75, 3.05) is 6.61 Å². The molecule has 5 nitrogen and oxygen atoms in total. The average Bonchev–Trinajstić information content (AvgIpc) is 2.59. The van der Waals surface area contributed by atoms with Gasteiger partial charge in [-0.3, -0.25) is 9.36 Å². The maximum Gasteiger partial charge on any atom is 0.331 e. The molecule has 0 aromatic carbocycles. The molecule has 0 saturated heterocycles. The van der Waals surface area contributed by atoms with Gasteiger partial charge in [0.25, 0.3) is 0 Å². The van der Waals surface area contributed by atoms with Crippen molar-refractivity contribution in [1.29, 1.82) is 0 Å². The molecular weight excluding hydrogens is 351 g/mol. The summed E-state index contributed by atoms with van der Waals surface area (Å²) in [6, 6.07) is 0. The summed E-state index contributed by atoms with van der Waals surface area (Å²) in [5.74, 6) is -0.347. The van der Waals surface area contributed by atoms with Crippen LogP contribution in [-0.4, -0.2) is 27.5 Å². The molecule has 0 saturated carbocycles. The summed E-state index contributed by atoms with van der Waals surface area (Å²) in [6.45, 7) is 6.17. The first-order valence-corrected chi connectivity index (χ1v) is 12.2. The molecule has 0 aromatic rings. The Morgan fingerprint density at radius 1 is 0.846 bits per heavy atom. The highest BCUT2D eigenvalue weighted by Gasteiger charge is 2.43. The van der Waals surface area contributed by atoms with Crippen LogP contribution in [0.3, 0.4) is 0 Å². The minimum Gasteiger partial charge on any atom is -0.466 e. The summed E-state index contributed by atoms with van der Waals surface area (Å²) >= 11 is 0. The maximum absolute atomic E-state index is 11.8. The van der Waals surface area contributed by atoms with Gasteiger partial charge >= 0.3 is 13.6 Å². The van der Waals surface area contributed by atoms with Gasteiger partial charge in [0.05, 0.1) is 11.8 Å². The Labute approximate surface area is 160 Å². The fraction of sp³-hybridized carbons (Fsp3) is 0.950. The predicted molar refractivity (Wildman–Crippen MR) is 107 cm³/mol. The van der Waals surface area contributed by atoms with Crippen LogP contribution in [0.1, 0.15) is 111 Å². The van der Waals surface area contributed by atoms with E-state index in [1.165, 1.54) is 51.4 Å². The molecule has 0 fully saturated rings. The van der Waals surface area contributed by atoms with Crippen LogP contribution < -0.4 is 0 Å². The summed E-state index contributed by atoms with van der Waals surface area (Å²) in [7, 11) is -4.23. The quantitative estimate of drug-likeness (QED) is 0.181. The third kappa shape index (κ3) is 10.7. The van der Waals surface area contributed by atoms with Gasteiger partial charge in [0, 0.05) is 6.42 Å². The van der Waals surface area contributed by atoms with Gasteiger partial charge in [-0.15, -0.1) is 0 Å². The molecular formula is C20H41O5P. The molecule has 6 heteroatoms. The van der Waals surface area contributed by atoms with E-state index in [0.29, 0.717) is 19.4 Å². The van der Waals surface area contributed by atoms with Crippen molar-refractivity contribution in [1.82, 2.24) is 0 Å². The highest BCUT2D eigenvalue weighted by molar-refractivity contribution is 7.53. The number of carbonyl (C=O) groups is 1. The molecule has 0 bridgehead atoms. The first kappa shape index (κ1) is 25.6. The molecule has 0 spiro atoms. The second kappa shape index (κ2) is 14.6. The number of hydrogen-bond acceptors (Lipinski definition) is 3. The third-order valence-corrected chi connectivity index (χ3v) is 7.58. The van der Waals surface area contributed by atoms with E-state index in [4.69, 9.17) is 4.74 Å². The summed E-state index contributed by atoms with van der Waals surface area (Å²) in [4.78, 5) is 31.0. The van der Waals surface area contributed by atoms with E-state index < -0.39 is 12.8 Å². The number of rotatable bonds is 17. The Balaban J connectivity index is 3.73. The SMILES string of the molecule is CCCCCCCCCCCCOC(=O)CCC(CC)(CC)P(=O)(O)O. The number of hydrogen-bond donors (Lipinski definition) is 2. The lowest BCUT2D eigenvalue weighted by molar-refractivity contribution is -0.144. The standard InChI is InChI=1S/C20H41O5P/c1-4-7-8-9-10-11-12-13-14-15-18-25-19(21)16-17-20(5-2,6-3)26(22,23)24/h4-18H2,1-3H3,(H2,22,23,24). The first-order valence-electron chi connectivity index (χ1n) is 10.5. The topological polar surface area (TPSA) is 83.8 Å². The summed E-state index contributed by atoms with van der Waals surface area (Å²) in [6.07, 6.45) is 13.3. The van der Waals surface area contributed by atoms with E-state index in [1.807, 2.05) is 0 Å². The monoisotopic (exact) mass is 392 g/mol. The molecule has 0 heterocycles. The Bertz CT molecular complexity index is 401. The lowest BCUT2D eigenvalue weighted by atomic mass is 9.96. The fourth-order valence-electron chi connectivity index (χ4n) is 3.34. The highest BCUT2D eigenvalue weighted by Crippen LogP contribution is 2.56. The lowest BCUT2D eigenvalue weighted by Crippen LogP contribution is -2.28. The van der Waals surface area contributed by atoms with Crippen molar-refractivity contribution < 1.29 is 23.9 Å². The molecule has 0 radical (unpaired) electrons. The van der Waals surface area contributed by atoms with Gasteiger partial charge in [0.15, 0.2) is 0 Å². The maximum atomic E-state index is 11.8. The predicted octanol–water partition coefficient (Wildman–Crippen LogP) is 5.97. The van der Waals surface area contributed by atoms with E-state index in [2.05, 4.69) is 6.92 Å². The Morgan fingerprint density at radius 3 is 1.73 bits per heavy atom. The van der Waals surface area contributed by atoms with Gasteiger partial charge in [-0.05, 0) is 25.7 Å². The Kier molecular flexibility index (Phi) is 14.4. The molecule has 2 N–H and O–H groups in total. The number of unbranched alkanes of at least 4 members (excludes halogenated alkanes) is 9. The zero-order valence-corrected chi connectivity index (χ0v) is 18.1. The van der Waals surface area contributed by atoms with Gasteiger partial charge in [-0.1, -0.05) is 78.6 Å². The Morgan fingerprint density at radius 2 is 1.31 bits per heavy atom. The summed E-state index contributed by atoms with van der Waals surface area (Å²) < 4.78 is 16.9. The minimum absolute atomic E-state index is 0.0740. The second-order valence-corrected chi connectivity index (χ2v) is 9.41. The van der Waals surface area contributed by atoms with E-state index >= 15 is 0 Å². The smallest absolute Gasteiger partial charge is 0.331 e. The van der Waals surface area contributed by atoms with Crippen LogP contribution in [0.5, 0.6) is 0 Å². The molecule has 0 unspecified atom stereocenters. The highest BCUT2D eigenvalue weighted by atomic mass is 31.2. The number of esters is 1.